The number of esters is 1. The van der Waals surface area contributed by atoms with Crippen molar-refractivity contribution in [3.63, 3.8) is 0 Å². The van der Waals surface area contributed by atoms with E-state index in [0.717, 1.165) is 6.42 Å². The summed E-state index contributed by atoms with van der Waals surface area (Å²) in [6.07, 6.45) is 5.17. The van der Waals surface area contributed by atoms with Crippen molar-refractivity contribution in [3.05, 3.63) is 81.1 Å². The summed E-state index contributed by atoms with van der Waals surface area (Å²) in [5, 5.41) is 3.75. The summed E-state index contributed by atoms with van der Waals surface area (Å²) in [7, 11) is -3.60. The summed E-state index contributed by atoms with van der Waals surface area (Å²) in [6.45, 7) is 1.89. The monoisotopic (exact) mass is 458 g/mol. The summed E-state index contributed by atoms with van der Waals surface area (Å²) in [4.78, 5) is 17.7. The number of carbonyl (C=O) groups excluding carboxylic acids is 1. The first-order valence-corrected chi connectivity index (χ1v) is 12.3. The maximum absolute atomic E-state index is 13.4. The summed E-state index contributed by atoms with van der Waals surface area (Å²) >= 11 is 6.26. The van der Waals surface area contributed by atoms with E-state index >= 15 is 0 Å². The number of halogens is 1. The summed E-state index contributed by atoms with van der Waals surface area (Å²) < 4.78 is 32.1. The quantitative estimate of drug-likeness (QED) is 0.691. The topological polar surface area (TPSA) is 85.4 Å². The van der Waals surface area contributed by atoms with Crippen molar-refractivity contribution < 1.29 is 17.9 Å². The number of hydrogen-bond donors (Lipinski definition) is 1. The molecule has 4 rings (SSSR count). The average molecular weight is 459 g/mol. The van der Waals surface area contributed by atoms with Crippen molar-refractivity contribution in [2.75, 3.05) is 12.4 Å². The molecule has 0 bridgehead atoms. The zero-order chi connectivity index (χ0) is 22.0. The standard InChI is InChI=1S/C23H23ClN2O4S/c1-2-30-23(27)20-19(15-7-5-9-17(24)13-15)22-18(10-3-4-12-31(22,28)29)26-21(20)16-8-6-11-25-14-16/h5-9,11,13-14,19,26H,2-4,10,12H2,1H3. The van der Waals surface area contributed by atoms with Gasteiger partial charge in [0.2, 0.25) is 0 Å². The van der Waals surface area contributed by atoms with Gasteiger partial charge in [-0.25, -0.2) is 13.2 Å². The van der Waals surface area contributed by atoms with Crippen LogP contribution >= 0.6 is 11.6 Å². The van der Waals surface area contributed by atoms with Crippen LogP contribution < -0.4 is 5.32 Å². The Morgan fingerprint density at radius 2 is 2.10 bits per heavy atom. The minimum Gasteiger partial charge on any atom is -0.463 e. The van der Waals surface area contributed by atoms with E-state index in [1.165, 1.54) is 0 Å². The van der Waals surface area contributed by atoms with Gasteiger partial charge in [0.25, 0.3) is 0 Å². The summed E-state index contributed by atoms with van der Waals surface area (Å²) in [5.41, 5.74) is 2.71. The fourth-order valence-electron chi connectivity index (χ4n) is 4.16. The van der Waals surface area contributed by atoms with Crippen molar-refractivity contribution >= 4 is 33.1 Å². The Morgan fingerprint density at radius 3 is 2.81 bits per heavy atom. The van der Waals surface area contributed by atoms with Crippen LogP contribution in [0.4, 0.5) is 0 Å². The molecule has 1 aromatic carbocycles. The van der Waals surface area contributed by atoms with Gasteiger partial charge < -0.3 is 10.1 Å². The minimum absolute atomic E-state index is 0.0446. The van der Waals surface area contributed by atoms with Crippen molar-refractivity contribution in [1.29, 1.82) is 0 Å². The second-order valence-electron chi connectivity index (χ2n) is 7.48. The van der Waals surface area contributed by atoms with Crippen LogP contribution in [0.2, 0.25) is 5.02 Å². The van der Waals surface area contributed by atoms with E-state index in [1.54, 1.807) is 49.6 Å². The fourth-order valence-corrected chi connectivity index (χ4v) is 6.30. The molecule has 2 aliphatic rings. The minimum atomic E-state index is -3.60. The van der Waals surface area contributed by atoms with Gasteiger partial charge in [0.05, 0.1) is 34.5 Å². The zero-order valence-electron chi connectivity index (χ0n) is 17.1. The number of nitrogens with one attached hydrogen (secondary N) is 1. The highest BCUT2D eigenvalue weighted by molar-refractivity contribution is 7.95. The molecule has 1 atom stereocenters. The molecule has 8 heteroatoms. The number of carbonyl (C=O) groups is 1. The Morgan fingerprint density at radius 1 is 1.26 bits per heavy atom. The SMILES string of the molecule is CCOC(=O)C1=C(c2cccnc2)NC2=C(C1c1cccc(Cl)c1)S(=O)(=O)CCCC2. The lowest BCUT2D eigenvalue weighted by molar-refractivity contribution is -0.138. The lowest BCUT2D eigenvalue weighted by atomic mass is 9.84. The summed E-state index contributed by atoms with van der Waals surface area (Å²) in [6, 6.07) is 10.6. The zero-order valence-corrected chi connectivity index (χ0v) is 18.7. The summed E-state index contributed by atoms with van der Waals surface area (Å²) in [5.74, 6) is -1.33. The number of sulfone groups is 1. The van der Waals surface area contributed by atoms with Crippen LogP contribution in [0, 0.1) is 0 Å². The van der Waals surface area contributed by atoms with Gasteiger partial charge in [-0.05, 0) is 56.0 Å². The van der Waals surface area contributed by atoms with E-state index in [-0.39, 0.29) is 22.8 Å². The second kappa shape index (κ2) is 8.85. The van der Waals surface area contributed by atoms with Crippen LogP contribution in [0.25, 0.3) is 5.70 Å². The molecule has 0 saturated heterocycles. The first-order valence-electron chi connectivity index (χ1n) is 10.2. The van der Waals surface area contributed by atoms with Gasteiger partial charge in [0, 0.05) is 28.7 Å². The molecule has 0 aliphatic carbocycles. The lowest BCUT2D eigenvalue weighted by Crippen LogP contribution is -2.32. The van der Waals surface area contributed by atoms with E-state index in [4.69, 9.17) is 16.3 Å². The van der Waals surface area contributed by atoms with Crippen molar-refractivity contribution in [1.82, 2.24) is 10.3 Å². The van der Waals surface area contributed by atoms with E-state index < -0.39 is 21.7 Å². The van der Waals surface area contributed by atoms with Crippen LogP contribution in [0.3, 0.4) is 0 Å². The number of pyridine rings is 1. The van der Waals surface area contributed by atoms with Crippen LogP contribution in [-0.2, 0) is 19.4 Å². The van der Waals surface area contributed by atoms with Gasteiger partial charge in [-0.2, -0.15) is 0 Å². The highest BCUT2D eigenvalue weighted by Crippen LogP contribution is 2.46. The third-order valence-electron chi connectivity index (χ3n) is 5.45. The van der Waals surface area contributed by atoms with Gasteiger partial charge in [0.1, 0.15) is 0 Å². The van der Waals surface area contributed by atoms with Crippen LogP contribution in [0.5, 0.6) is 0 Å². The van der Waals surface area contributed by atoms with Gasteiger partial charge in [0.15, 0.2) is 9.84 Å². The maximum Gasteiger partial charge on any atom is 0.337 e. The molecule has 0 spiro atoms. The Hall–Kier alpha value is -2.64. The van der Waals surface area contributed by atoms with Gasteiger partial charge in [-0.1, -0.05) is 23.7 Å². The molecule has 2 aliphatic heterocycles. The number of nitrogens with zero attached hydrogens (tertiary/aromatic N) is 1. The predicted molar refractivity (Wildman–Crippen MR) is 120 cm³/mol. The van der Waals surface area contributed by atoms with E-state index in [9.17, 15) is 13.2 Å². The number of rotatable bonds is 4. The molecular weight excluding hydrogens is 436 g/mol. The first kappa shape index (κ1) is 21.6. The molecule has 0 saturated carbocycles. The number of allylic oxidation sites excluding steroid dienone is 2. The Bertz CT molecular complexity index is 1170. The first-order chi connectivity index (χ1) is 14.9. The molecule has 6 nitrogen and oxygen atoms in total. The van der Waals surface area contributed by atoms with Crippen LogP contribution in [-0.4, -0.2) is 31.7 Å². The molecule has 0 fully saturated rings. The van der Waals surface area contributed by atoms with E-state index in [1.807, 2.05) is 6.07 Å². The number of ether oxygens (including phenoxy) is 1. The largest absolute Gasteiger partial charge is 0.463 e. The van der Waals surface area contributed by atoms with E-state index in [2.05, 4.69) is 10.3 Å². The average Bonchev–Trinajstić information content (AvgIpc) is 2.91. The molecule has 0 radical (unpaired) electrons. The fraction of sp³-hybridized carbons (Fsp3) is 0.304. The Kier molecular flexibility index (Phi) is 6.16. The van der Waals surface area contributed by atoms with E-state index in [0.29, 0.717) is 40.4 Å². The smallest absolute Gasteiger partial charge is 0.337 e. The molecule has 31 heavy (non-hydrogen) atoms. The van der Waals surface area contributed by atoms with Crippen molar-refractivity contribution in [2.24, 2.45) is 0 Å². The second-order valence-corrected chi connectivity index (χ2v) is 10.00. The number of aromatic nitrogens is 1. The normalized spacial score (nSPS) is 20.5. The Labute approximate surface area is 186 Å². The predicted octanol–water partition coefficient (Wildman–Crippen LogP) is 4.21. The maximum atomic E-state index is 13.4. The van der Waals surface area contributed by atoms with Crippen LogP contribution in [0.1, 0.15) is 43.2 Å². The third kappa shape index (κ3) is 4.25. The molecule has 1 N–H and O–H groups in total. The number of dihydropyridines is 1. The molecule has 0 amide bonds. The highest BCUT2D eigenvalue weighted by Gasteiger charge is 2.42. The third-order valence-corrected chi connectivity index (χ3v) is 7.66. The number of hydrogen-bond acceptors (Lipinski definition) is 6. The highest BCUT2D eigenvalue weighted by atomic mass is 35.5. The van der Waals surface area contributed by atoms with Gasteiger partial charge >= 0.3 is 5.97 Å². The molecule has 1 unspecified atom stereocenters. The molecular formula is C23H23ClN2O4S. The van der Waals surface area contributed by atoms with Gasteiger partial charge in [-0.3, -0.25) is 4.98 Å². The van der Waals surface area contributed by atoms with Crippen LogP contribution in [0.15, 0.2) is 65.0 Å². The van der Waals surface area contributed by atoms with Gasteiger partial charge in [-0.15, -0.1) is 0 Å². The molecule has 3 heterocycles. The molecule has 1 aromatic heterocycles. The number of benzene rings is 1. The van der Waals surface area contributed by atoms with Crippen molar-refractivity contribution in [3.8, 4) is 0 Å². The lowest BCUT2D eigenvalue weighted by Gasteiger charge is -2.32. The Balaban J connectivity index is 2.04. The molecule has 162 valence electrons. The van der Waals surface area contributed by atoms with Crippen molar-refractivity contribution in [2.45, 2.75) is 32.1 Å². The molecule has 2 aromatic rings.